The van der Waals surface area contributed by atoms with Crippen LogP contribution in [0.5, 0.6) is 0 Å². The summed E-state index contributed by atoms with van der Waals surface area (Å²) in [7, 11) is 0. The number of amidine groups is 1. The molecule has 1 heterocycles. The van der Waals surface area contributed by atoms with Gasteiger partial charge < -0.3 is 0 Å². The Bertz CT molecular complexity index is 750. The summed E-state index contributed by atoms with van der Waals surface area (Å²) in [6.07, 6.45) is 0.135. The molecule has 2 aromatic rings. The predicted octanol–water partition coefficient (Wildman–Crippen LogP) is 5.26. The number of hydrogen-bond acceptors (Lipinski definition) is 2. The lowest BCUT2D eigenvalue weighted by atomic mass is 10.1. The van der Waals surface area contributed by atoms with Gasteiger partial charge in [-0.1, -0.05) is 48.0 Å². The van der Waals surface area contributed by atoms with E-state index in [9.17, 15) is 5.26 Å². The number of quaternary nitrogens is 1. The second-order valence-corrected chi connectivity index (χ2v) is 5.50. The van der Waals surface area contributed by atoms with Gasteiger partial charge in [-0.05, 0) is 11.6 Å². The van der Waals surface area contributed by atoms with Crippen molar-refractivity contribution < 1.29 is 0 Å². The lowest BCUT2D eigenvalue weighted by molar-refractivity contribution is 0.716. The summed E-state index contributed by atoms with van der Waals surface area (Å²) in [5.41, 5.74) is 1.78. The zero-order chi connectivity index (χ0) is 15.6. The fraction of sp³-hybridized carbons (Fsp3) is 0.0588. The van der Waals surface area contributed by atoms with Crippen molar-refractivity contribution in [2.75, 3.05) is 0 Å². The molecule has 1 aliphatic heterocycles. The molecule has 0 saturated carbocycles. The molecule has 0 fully saturated rings. The van der Waals surface area contributed by atoms with Crippen LogP contribution in [0.3, 0.4) is 0 Å². The van der Waals surface area contributed by atoms with Crippen molar-refractivity contribution in [1.29, 1.82) is 5.26 Å². The van der Waals surface area contributed by atoms with Gasteiger partial charge in [0, 0.05) is 24.3 Å². The van der Waals surface area contributed by atoms with E-state index in [2.05, 4.69) is 11.1 Å². The highest BCUT2D eigenvalue weighted by atomic mass is 35.5. The third-order valence-corrected chi connectivity index (χ3v) is 4.40. The van der Waals surface area contributed by atoms with E-state index in [1.807, 2.05) is 60.7 Å². The van der Waals surface area contributed by atoms with Crippen molar-refractivity contribution in [3.8, 4) is 6.07 Å². The number of nitrogens with zero attached hydrogens (tertiary/aromatic N) is 3. The van der Waals surface area contributed by atoms with Gasteiger partial charge in [0.2, 0.25) is 11.0 Å². The fourth-order valence-electron chi connectivity index (χ4n) is 2.69. The van der Waals surface area contributed by atoms with Crippen LogP contribution in [0.15, 0.2) is 76.0 Å². The van der Waals surface area contributed by atoms with E-state index in [0.717, 1.165) is 11.4 Å². The Morgan fingerprint density at radius 1 is 0.909 bits per heavy atom. The van der Waals surface area contributed by atoms with Crippen LogP contribution in [0.25, 0.3) is 0 Å². The van der Waals surface area contributed by atoms with Crippen LogP contribution in [-0.4, -0.2) is 5.84 Å². The van der Waals surface area contributed by atoms with Crippen molar-refractivity contribution >= 4 is 40.4 Å². The zero-order valence-corrected chi connectivity index (χ0v) is 13.1. The van der Waals surface area contributed by atoms with Gasteiger partial charge in [0.1, 0.15) is 17.8 Å². The first-order valence-corrected chi connectivity index (χ1v) is 7.48. The first kappa shape index (κ1) is 14.8. The lowest BCUT2D eigenvalue weighted by Gasteiger charge is -2.32. The van der Waals surface area contributed by atoms with Crippen LogP contribution < -0.4 is 4.48 Å². The van der Waals surface area contributed by atoms with Gasteiger partial charge in [-0.25, -0.2) is 0 Å². The molecule has 0 unspecified atom stereocenters. The summed E-state index contributed by atoms with van der Waals surface area (Å²) >= 11 is 12.8. The Hall–Kier alpha value is -2.12. The van der Waals surface area contributed by atoms with Gasteiger partial charge in [-0.2, -0.15) is 14.7 Å². The standard InChI is InChI=1S/C17H12Cl2N3/c18-16-17(19)22(15(21-16)11-12-20,13-7-3-1-4-8-13)14-9-5-2-6-10-14/h1-10H,11H2/q+1. The van der Waals surface area contributed by atoms with Crippen molar-refractivity contribution in [3.63, 3.8) is 0 Å². The molecule has 0 saturated heterocycles. The van der Waals surface area contributed by atoms with Crippen LogP contribution in [0.2, 0.25) is 0 Å². The smallest absolute Gasteiger partial charge is 0.198 e. The summed E-state index contributed by atoms with van der Waals surface area (Å²) in [6, 6.07) is 21.6. The number of para-hydroxylation sites is 2. The number of hydrogen-bond donors (Lipinski definition) is 0. The number of aliphatic imine (C=N–C) groups is 1. The molecule has 2 aromatic carbocycles. The van der Waals surface area contributed by atoms with Crippen LogP contribution >= 0.6 is 23.2 Å². The molecule has 0 bridgehead atoms. The van der Waals surface area contributed by atoms with Crippen molar-refractivity contribution in [2.24, 2.45) is 4.99 Å². The quantitative estimate of drug-likeness (QED) is 0.559. The summed E-state index contributed by atoms with van der Waals surface area (Å²) in [5.74, 6) is 0.593. The van der Waals surface area contributed by atoms with Gasteiger partial charge in [0.15, 0.2) is 0 Å². The third kappa shape index (κ3) is 2.13. The minimum absolute atomic E-state index is 0.0651. The zero-order valence-electron chi connectivity index (χ0n) is 11.6. The molecule has 0 amide bonds. The fourth-order valence-corrected chi connectivity index (χ4v) is 3.25. The average Bonchev–Trinajstić information content (AvgIpc) is 2.81. The maximum Gasteiger partial charge on any atom is 0.256 e. The lowest BCUT2D eigenvalue weighted by Crippen LogP contribution is -2.45. The number of halogens is 2. The van der Waals surface area contributed by atoms with E-state index in [0.29, 0.717) is 11.0 Å². The molecule has 0 radical (unpaired) electrons. The molecule has 3 rings (SSSR count). The molecule has 0 spiro atoms. The first-order valence-electron chi connectivity index (χ1n) is 6.72. The molecule has 0 N–H and O–H groups in total. The molecule has 0 atom stereocenters. The van der Waals surface area contributed by atoms with Crippen molar-refractivity contribution in [1.82, 2.24) is 4.48 Å². The Kier molecular flexibility index (Phi) is 4.00. The molecule has 3 nitrogen and oxygen atoms in total. The minimum Gasteiger partial charge on any atom is -0.198 e. The Morgan fingerprint density at radius 3 is 1.86 bits per heavy atom. The first-order chi connectivity index (χ1) is 10.7. The van der Waals surface area contributed by atoms with E-state index >= 15 is 0 Å². The highest BCUT2D eigenvalue weighted by Gasteiger charge is 2.49. The summed E-state index contributed by atoms with van der Waals surface area (Å²) in [6.45, 7) is 0. The van der Waals surface area contributed by atoms with Gasteiger partial charge >= 0.3 is 0 Å². The highest BCUT2D eigenvalue weighted by Crippen LogP contribution is 2.47. The molecule has 1 aliphatic rings. The van der Waals surface area contributed by atoms with Crippen LogP contribution in [0.4, 0.5) is 11.4 Å². The molecular formula is C17H12Cl2N3+. The van der Waals surface area contributed by atoms with E-state index in [-0.39, 0.29) is 16.1 Å². The van der Waals surface area contributed by atoms with Crippen LogP contribution in [-0.2, 0) is 0 Å². The van der Waals surface area contributed by atoms with Crippen LogP contribution in [0.1, 0.15) is 6.42 Å². The second-order valence-electron chi connectivity index (χ2n) is 4.79. The summed E-state index contributed by atoms with van der Waals surface area (Å²) < 4.78 is 0.0651. The number of rotatable bonds is 3. The average molecular weight is 329 g/mol. The van der Waals surface area contributed by atoms with Gasteiger partial charge in [0.25, 0.3) is 5.16 Å². The molecule has 0 aliphatic carbocycles. The largest absolute Gasteiger partial charge is 0.256 e. The predicted molar refractivity (Wildman–Crippen MR) is 90.7 cm³/mol. The minimum atomic E-state index is 0.0651. The third-order valence-electron chi connectivity index (χ3n) is 3.60. The summed E-state index contributed by atoms with van der Waals surface area (Å²) in [5, 5.41) is 9.78. The molecule has 0 aromatic heterocycles. The summed E-state index contributed by atoms with van der Waals surface area (Å²) in [4.78, 5) is 4.35. The van der Waals surface area contributed by atoms with E-state index < -0.39 is 0 Å². The molecule has 22 heavy (non-hydrogen) atoms. The SMILES string of the molecule is N#CCC1=NC(Cl)=C(Cl)[N+]1(c1ccccc1)c1ccccc1. The van der Waals surface area contributed by atoms with Crippen LogP contribution in [0, 0.1) is 11.3 Å². The van der Waals surface area contributed by atoms with E-state index in [1.165, 1.54) is 0 Å². The highest BCUT2D eigenvalue weighted by molar-refractivity contribution is 6.43. The van der Waals surface area contributed by atoms with E-state index in [4.69, 9.17) is 23.2 Å². The molecule has 5 heteroatoms. The maximum absolute atomic E-state index is 9.18. The Labute approximate surface area is 138 Å². The Morgan fingerprint density at radius 2 is 1.41 bits per heavy atom. The van der Waals surface area contributed by atoms with Gasteiger partial charge in [-0.15, -0.1) is 0 Å². The maximum atomic E-state index is 9.18. The van der Waals surface area contributed by atoms with Crippen molar-refractivity contribution in [2.45, 2.75) is 6.42 Å². The Balaban J connectivity index is 2.34. The van der Waals surface area contributed by atoms with E-state index in [1.54, 1.807) is 0 Å². The van der Waals surface area contributed by atoms with Crippen molar-refractivity contribution in [3.05, 3.63) is 71.0 Å². The molecular weight excluding hydrogens is 317 g/mol. The second kappa shape index (κ2) is 5.94. The van der Waals surface area contributed by atoms with Gasteiger partial charge in [0.05, 0.1) is 6.07 Å². The molecule has 108 valence electrons. The topological polar surface area (TPSA) is 36.1 Å². The number of benzene rings is 2. The monoisotopic (exact) mass is 328 g/mol. The normalized spacial score (nSPS) is 16.3. The number of nitriles is 1. The van der Waals surface area contributed by atoms with Gasteiger partial charge in [-0.3, -0.25) is 0 Å².